The van der Waals surface area contributed by atoms with E-state index >= 15 is 0 Å². The smallest absolute Gasteiger partial charge is 0.123 e. The molecule has 0 aromatic heterocycles. The van der Waals surface area contributed by atoms with Crippen LogP contribution in [0.15, 0.2) is 67.3 Å². The van der Waals surface area contributed by atoms with Crippen LogP contribution >= 0.6 is 0 Å². The molecule has 92 valence electrons. The maximum atomic E-state index is 13.0. The van der Waals surface area contributed by atoms with E-state index in [4.69, 9.17) is 0 Å². The Balaban J connectivity index is 2.50. The Labute approximate surface area is 106 Å². The second kappa shape index (κ2) is 5.15. The standard InChI is InChI=1S/C16H15FO/c1-2-12-16(18,13-6-4-3-5-7-13)14-8-10-15(17)11-9-14/h2-11,18H,1,12H2. The fourth-order valence-electron chi connectivity index (χ4n) is 2.05. The molecule has 1 nitrogen and oxygen atoms in total. The average Bonchev–Trinajstić information content (AvgIpc) is 2.40. The lowest BCUT2D eigenvalue weighted by molar-refractivity contribution is 0.0841. The molecule has 1 unspecified atom stereocenters. The number of hydrogen-bond acceptors (Lipinski definition) is 1. The number of hydrogen-bond donors (Lipinski definition) is 1. The zero-order chi connectivity index (χ0) is 13.0. The monoisotopic (exact) mass is 242 g/mol. The molecule has 2 rings (SSSR count). The lowest BCUT2D eigenvalue weighted by Gasteiger charge is -2.28. The van der Waals surface area contributed by atoms with E-state index in [1.165, 1.54) is 12.1 Å². The molecule has 0 heterocycles. The van der Waals surface area contributed by atoms with Crippen molar-refractivity contribution in [2.45, 2.75) is 12.0 Å². The van der Waals surface area contributed by atoms with Gasteiger partial charge in [-0.2, -0.15) is 0 Å². The summed E-state index contributed by atoms with van der Waals surface area (Å²) < 4.78 is 13.0. The quantitative estimate of drug-likeness (QED) is 0.811. The summed E-state index contributed by atoms with van der Waals surface area (Å²) in [5, 5.41) is 10.9. The van der Waals surface area contributed by atoms with Crippen LogP contribution in [-0.4, -0.2) is 5.11 Å². The van der Waals surface area contributed by atoms with E-state index in [1.54, 1.807) is 18.2 Å². The summed E-state index contributed by atoms with van der Waals surface area (Å²) in [6.45, 7) is 3.68. The van der Waals surface area contributed by atoms with E-state index in [9.17, 15) is 9.50 Å². The Morgan fingerprint density at radius 3 is 2.11 bits per heavy atom. The summed E-state index contributed by atoms with van der Waals surface area (Å²) >= 11 is 0. The van der Waals surface area contributed by atoms with Crippen molar-refractivity contribution in [1.29, 1.82) is 0 Å². The van der Waals surface area contributed by atoms with Gasteiger partial charge in [0.2, 0.25) is 0 Å². The van der Waals surface area contributed by atoms with Crippen LogP contribution in [0.4, 0.5) is 4.39 Å². The molecule has 18 heavy (non-hydrogen) atoms. The minimum Gasteiger partial charge on any atom is -0.380 e. The van der Waals surface area contributed by atoms with Crippen molar-refractivity contribution >= 4 is 0 Å². The number of halogens is 1. The summed E-state index contributed by atoms with van der Waals surface area (Å²) in [5.41, 5.74) is 0.281. The molecule has 0 radical (unpaired) electrons. The Hall–Kier alpha value is -1.93. The molecule has 0 aliphatic rings. The Kier molecular flexibility index (Phi) is 3.58. The third-order valence-electron chi connectivity index (χ3n) is 3.01. The molecule has 0 saturated carbocycles. The van der Waals surface area contributed by atoms with Crippen molar-refractivity contribution in [3.05, 3.63) is 84.2 Å². The van der Waals surface area contributed by atoms with Crippen LogP contribution in [0.5, 0.6) is 0 Å². The highest BCUT2D eigenvalue weighted by atomic mass is 19.1. The van der Waals surface area contributed by atoms with Crippen LogP contribution in [0.3, 0.4) is 0 Å². The minimum absolute atomic E-state index is 0.312. The SMILES string of the molecule is C=CCC(O)(c1ccccc1)c1ccc(F)cc1. The average molecular weight is 242 g/mol. The highest BCUT2D eigenvalue weighted by Crippen LogP contribution is 2.33. The summed E-state index contributed by atoms with van der Waals surface area (Å²) in [7, 11) is 0. The highest BCUT2D eigenvalue weighted by molar-refractivity contribution is 5.36. The van der Waals surface area contributed by atoms with Crippen LogP contribution in [-0.2, 0) is 5.60 Å². The van der Waals surface area contributed by atoms with Gasteiger partial charge in [-0.3, -0.25) is 0 Å². The van der Waals surface area contributed by atoms with Gasteiger partial charge in [0.1, 0.15) is 11.4 Å². The second-order valence-corrected chi connectivity index (χ2v) is 4.23. The van der Waals surface area contributed by atoms with Crippen molar-refractivity contribution in [3.8, 4) is 0 Å². The summed E-state index contributed by atoms with van der Waals surface area (Å²) in [5.74, 6) is -0.312. The van der Waals surface area contributed by atoms with Gasteiger partial charge in [-0.15, -0.1) is 6.58 Å². The predicted octanol–water partition coefficient (Wildman–Crippen LogP) is 3.64. The van der Waals surface area contributed by atoms with Gasteiger partial charge < -0.3 is 5.11 Å². The molecule has 0 bridgehead atoms. The second-order valence-electron chi connectivity index (χ2n) is 4.23. The van der Waals surface area contributed by atoms with Gasteiger partial charge in [0.05, 0.1) is 0 Å². The Morgan fingerprint density at radius 1 is 1.00 bits per heavy atom. The fraction of sp³-hybridized carbons (Fsp3) is 0.125. The third kappa shape index (κ3) is 2.34. The van der Waals surface area contributed by atoms with Gasteiger partial charge in [0.25, 0.3) is 0 Å². The van der Waals surface area contributed by atoms with E-state index in [0.29, 0.717) is 12.0 Å². The molecule has 0 fully saturated rings. The molecule has 1 atom stereocenters. The molecule has 0 aliphatic heterocycles. The van der Waals surface area contributed by atoms with Crippen molar-refractivity contribution in [2.24, 2.45) is 0 Å². The summed E-state index contributed by atoms with van der Waals surface area (Å²) in [4.78, 5) is 0. The van der Waals surface area contributed by atoms with Crippen LogP contribution in [0.25, 0.3) is 0 Å². The van der Waals surface area contributed by atoms with Crippen molar-refractivity contribution in [3.63, 3.8) is 0 Å². The molecule has 2 heteroatoms. The highest BCUT2D eigenvalue weighted by Gasteiger charge is 2.29. The third-order valence-corrected chi connectivity index (χ3v) is 3.01. The predicted molar refractivity (Wildman–Crippen MR) is 70.7 cm³/mol. The molecular weight excluding hydrogens is 227 g/mol. The zero-order valence-electron chi connectivity index (χ0n) is 10.0. The number of aliphatic hydroxyl groups is 1. The normalized spacial score (nSPS) is 13.9. The maximum absolute atomic E-state index is 13.0. The van der Waals surface area contributed by atoms with Gasteiger partial charge in [-0.05, 0) is 23.3 Å². The molecular formula is C16H15FO. The largest absolute Gasteiger partial charge is 0.380 e. The number of benzene rings is 2. The van der Waals surface area contributed by atoms with E-state index in [-0.39, 0.29) is 5.82 Å². The van der Waals surface area contributed by atoms with Gasteiger partial charge in [-0.25, -0.2) is 4.39 Å². The lowest BCUT2D eigenvalue weighted by Crippen LogP contribution is -2.26. The van der Waals surface area contributed by atoms with Gasteiger partial charge in [0.15, 0.2) is 0 Å². The molecule has 0 amide bonds. The topological polar surface area (TPSA) is 20.2 Å². The van der Waals surface area contributed by atoms with Crippen molar-refractivity contribution < 1.29 is 9.50 Å². The molecule has 1 N–H and O–H groups in total. The molecule has 2 aromatic carbocycles. The maximum Gasteiger partial charge on any atom is 0.123 e. The summed E-state index contributed by atoms with van der Waals surface area (Å²) in [6, 6.07) is 15.2. The van der Waals surface area contributed by atoms with E-state index in [2.05, 4.69) is 6.58 Å². The fourth-order valence-corrected chi connectivity index (χ4v) is 2.05. The van der Waals surface area contributed by atoms with E-state index in [0.717, 1.165) is 5.56 Å². The minimum atomic E-state index is -1.16. The first-order valence-corrected chi connectivity index (χ1v) is 5.81. The van der Waals surface area contributed by atoms with Crippen molar-refractivity contribution in [2.75, 3.05) is 0 Å². The Bertz CT molecular complexity index is 519. The molecule has 0 spiro atoms. The van der Waals surface area contributed by atoms with Gasteiger partial charge in [0, 0.05) is 6.42 Å². The van der Waals surface area contributed by atoms with Gasteiger partial charge in [-0.1, -0.05) is 48.5 Å². The first-order chi connectivity index (χ1) is 8.66. The zero-order valence-corrected chi connectivity index (χ0v) is 10.0. The molecule has 0 aliphatic carbocycles. The van der Waals surface area contributed by atoms with E-state index in [1.807, 2.05) is 30.3 Å². The van der Waals surface area contributed by atoms with Crippen LogP contribution < -0.4 is 0 Å². The molecule has 0 saturated heterocycles. The van der Waals surface area contributed by atoms with E-state index < -0.39 is 5.60 Å². The number of rotatable bonds is 4. The molecule has 2 aromatic rings. The first kappa shape index (κ1) is 12.5. The van der Waals surface area contributed by atoms with Crippen LogP contribution in [0.1, 0.15) is 17.5 Å². The summed E-state index contributed by atoms with van der Waals surface area (Å²) in [6.07, 6.45) is 2.04. The Morgan fingerprint density at radius 2 is 1.56 bits per heavy atom. The van der Waals surface area contributed by atoms with Crippen molar-refractivity contribution in [1.82, 2.24) is 0 Å². The lowest BCUT2D eigenvalue weighted by atomic mass is 9.83. The first-order valence-electron chi connectivity index (χ1n) is 5.81. The van der Waals surface area contributed by atoms with Gasteiger partial charge >= 0.3 is 0 Å². The van der Waals surface area contributed by atoms with Crippen LogP contribution in [0, 0.1) is 5.82 Å². The van der Waals surface area contributed by atoms with Crippen LogP contribution in [0.2, 0.25) is 0 Å².